The van der Waals surface area contributed by atoms with Crippen molar-refractivity contribution in [2.75, 3.05) is 0 Å². The van der Waals surface area contributed by atoms with Gasteiger partial charge in [0.1, 0.15) is 0 Å². The molecule has 25 heavy (non-hydrogen) atoms. The number of carbonyl (C=O) groups excluding carboxylic acids is 1. The first kappa shape index (κ1) is 18.2. The average molecular weight is 360 g/mol. The molecule has 0 atom stereocenters. The van der Waals surface area contributed by atoms with Crippen LogP contribution in [0.25, 0.3) is 5.69 Å². The summed E-state index contributed by atoms with van der Waals surface area (Å²) in [6, 6.07) is 7.32. The van der Waals surface area contributed by atoms with Crippen molar-refractivity contribution in [1.82, 2.24) is 15.1 Å². The first-order valence-electron chi connectivity index (χ1n) is 8.77. The molecule has 1 N–H and O–H groups in total. The molecule has 1 aromatic carbocycles. The molecule has 2 heterocycles. The highest BCUT2D eigenvalue weighted by molar-refractivity contribution is 6.32. The lowest BCUT2D eigenvalue weighted by atomic mass is 9.74. The molecule has 0 spiro atoms. The summed E-state index contributed by atoms with van der Waals surface area (Å²) >= 11 is 6.38. The van der Waals surface area contributed by atoms with Gasteiger partial charge in [0.2, 0.25) is 0 Å². The lowest BCUT2D eigenvalue weighted by Crippen LogP contribution is -2.57. The molecular formula is C20H26ClN3O. The smallest absolute Gasteiger partial charge is 0.163 e. The fraction of sp³-hybridized carbons (Fsp3) is 0.500. The number of nitrogens with one attached hydrogen (secondary N) is 1. The molecule has 0 aliphatic carbocycles. The summed E-state index contributed by atoms with van der Waals surface area (Å²) in [6.45, 7) is 8.84. The van der Waals surface area contributed by atoms with E-state index in [-0.39, 0.29) is 16.9 Å². The number of aromatic nitrogens is 2. The standard InChI is InChI=1S/C20H26ClN3O/c1-19(2)12-14(13-20(3,4)23-19)10-18(25)15-6-7-17(16(21)11-15)24-9-5-8-22-24/h5-9,11,14,23H,10,12-13H2,1-4H3. The van der Waals surface area contributed by atoms with Crippen LogP contribution in [0, 0.1) is 5.92 Å². The number of halogens is 1. The van der Waals surface area contributed by atoms with E-state index in [2.05, 4.69) is 38.1 Å². The molecule has 0 amide bonds. The molecule has 1 fully saturated rings. The van der Waals surface area contributed by atoms with Gasteiger partial charge in [0, 0.05) is 35.5 Å². The molecule has 0 unspecified atom stereocenters. The minimum absolute atomic E-state index is 0.0499. The summed E-state index contributed by atoms with van der Waals surface area (Å²) in [5.74, 6) is 0.538. The Morgan fingerprint density at radius 1 is 1.28 bits per heavy atom. The van der Waals surface area contributed by atoms with Gasteiger partial charge < -0.3 is 5.32 Å². The van der Waals surface area contributed by atoms with Gasteiger partial charge in [0.05, 0.1) is 10.7 Å². The number of piperidine rings is 1. The number of Topliss-reactive ketones (excluding diaryl/α,β-unsaturated/α-hetero) is 1. The lowest BCUT2D eigenvalue weighted by Gasteiger charge is -2.46. The second-order valence-corrected chi connectivity index (χ2v) is 8.82. The van der Waals surface area contributed by atoms with Gasteiger partial charge in [-0.1, -0.05) is 11.6 Å². The maximum Gasteiger partial charge on any atom is 0.163 e. The van der Waals surface area contributed by atoms with Crippen molar-refractivity contribution in [2.24, 2.45) is 5.92 Å². The van der Waals surface area contributed by atoms with E-state index in [1.165, 1.54) is 0 Å². The van der Waals surface area contributed by atoms with Gasteiger partial charge in [-0.3, -0.25) is 4.79 Å². The highest BCUT2D eigenvalue weighted by Gasteiger charge is 2.38. The Morgan fingerprint density at radius 3 is 2.52 bits per heavy atom. The summed E-state index contributed by atoms with van der Waals surface area (Å²) in [5, 5.41) is 8.39. The van der Waals surface area contributed by atoms with Gasteiger partial charge in [-0.2, -0.15) is 5.10 Å². The molecule has 0 saturated carbocycles. The van der Waals surface area contributed by atoms with Gasteiger partial charge in [-0.25, -0.2) is 4.68 Å². The summed E-state index contributed by atoms with van der Waals surface area (Å²) in [6.07, 6.45) is 6.10. The molecule has 4 nitrogen and oxygen atoms in total. The van der Waals surface area contributed by atoms with Crippen molar-refractivity contribution >= 4 is 17.4 Å². The monoisotopic (exact) mass is 359 g/mol. The van der Waals surface area contributed by atoms with E-state index in [9.17, 15) is 4.79 Å². The number of nitrogens with zero attached hydrogens (tertiary/aromatic N) is 2. The van der Waals surface area contributed by atoms with Crippen LogP contribution in [-0.4, -0.2) is 26.6 Å². The maximum absolute atomic E-state index is 12.8. The third-order valence-electron chi connectivity index (χ3n) is 4.77. The Morgan fingerprint density at radius 2 is 1.96 bits per heavy atom. The lowest BCUT2D eigenvalue weighted by molar-refractivity contribution is 0.0864. The van der Waals surface area contributed by atoms with E-state index in [0.717, 1.165) is 18.5 Å². The van der Waals surface area contributed by atoms with Gasteiger partial charge in [0.15, 0.2) is 5.78 Å². The Kier molecular flexibility index (Phi) is 4.78. The fourth-order valence-corrected chi connectivity index (χ4v) is 4.60. The van der Waals surface area contributed by atoms with Crippen molar-refractivity contribution < 1.29 is 4.79 Å². The minimum Gasteiger partial charge on any atom is -0.307 e. The number of hydrogen-bond donors (Lipinski definition) is 1. The van der Waals surface area contributed by atoms with Crippen LogP contribution in [0.1, 0.15) is 57.3 Å². The Labute approximate surface area is 154 Å². The minimum atomic E-state index is 0.0499. The summed E-state index contributed by atoms with van der Waals surface area (Å²) in [5.41, 5.74) is 1.56. The highest BCUT2D eigenvalue weighted by atomic mass is 35.5. The first-order chi connectivity index (χ1) is 11.7. The molecule has 2 aromatic rings. The largest absolute Gasteiger partial charge is 0.307 e. The third-order valence-corrected chi connectivity index (χ3v) is 5.07. The van der Waals surface area contributed by atoms with Crippen LogP contribution in [0.2, 0.25) is 5.02 Å². The van der Waals surface area contributed by atoms with Crippen molar-refractivity contribution in [3.05, 3.63) is 47.2 Å². The van der Waals surface area contributed by atoms with Crippen LogP contribution in [-0.2, 0) is 0 Å². The SMILES string of the molecule is CC1(C)CC(CC(=O)c2ccc(-n3cccn3)c(Cl)c2)CC(C)(C)N1. The maximum atomic E-state index is 12.8. The topological polar surface area (TPSA) is 46.9 Å². The van der Waals surface area contributed by atoms with Gasteiger partial charge in [0.25, 0.3) is 0 Å². The van der Waals surface area contributed by atoms with Crippen molar-refractivity contribution in [1.29, 1.82) is 0 Å². The van der Waals surface area contributed by atoms with Crippen molar-refractivity contribution in [2.45, 2.75) is 58.0 Å². The zero-order valence-electron chi connectivity index (χ0n) is 15.3. The van der Waals surface area contributed by atoms with Crippen LogP contribution in [0.5, 0.6) is 0 Å². The van der Waals surface area contributed by atoms with Crippen molar-refractivity contribution in [3.8, 4) is 5.69 Å². The predicted molar refractivity (Wildman–Crippen MR) is 102 cm³/mol. The second-order valence-electron chi connectivity index (χ2n) is 8.41. The molecule has 1 aliphatic heterocycles. The van der Waals surface area contributed by atoms with Crippen LogP contribution in [0.3, 0.4) is 0 Å². The fourth-order valence-electron chi connectivity index (χ4n) is 4.34. The third kappa shape index (κ3) is 4.31. The quantitative estimate of drug-likeness (QED) is 0.808. The molecule has 5 heteroatoms. The zero-order chi connectivity index (χ0) is 18.2. The molecule has 0 bridgehead atoms. The van der Waals surface area contributed by atoms with Crippen LogP contribution >= 0.6 is 11.6 Å². The van der Waals surface area contributed by atoms with Crippen LogP contribution in [0.4, 0.5) is 0 Å². The summed E-state index contributed by atoms with van der Waals surface area (Å²) in [4.78, 5) is 12.8. The van der Waals surface area contributed by atoms with Crippen LogP contribution < -0.4 is 5.32 Å². The van der Waals surface area contributed by atoms with E-state index in [4.69, 9.17) is 11.6 Å². The molecule has 3 rings (SSSR count). The van der Waals surface area contributed by atoms with E-state index in [1.807, 2.05) is 24.4 Å². The zero-order valence-corrected chi connectivity index (χ0v) is 16.1. The van der Waals surface area contributed by atoms with Gasteiger partial charge in [-0.15, -0.1) is 0 Å². The van der Waals surface area contributed by atoms with Crippen LogP contribution in [0.15, 0.2) is 36.7 Å². The second kappa shape index (κ2) is 6.58. The Hall–Kier alpha value is -1.65. The first-order valence-corrected chi connectivity index (χ1v) is 9.15. The molecule has 1 aromatic heterocycles. The van der Waals surface area contributed by atoms with E-state index >= 15 is 0 Å². The molecule has 0 radical (unpaired) electrons. The van der Waals surface area contributed by atoms with E-state index in [0.29, 0.717) is 22.9 Å². The Bertz CT molecular complexity index is 749. The highest BCUT2D eigenvalue weighted by Crippen LogP contribution is 2.35. The van der Waals surface area contributed by atoms with E-state index < -0.39 is 0 Å². The van der Waals surface area contributed by atoms with E-state index in [1.54, 1.807) is 16.9 Å². The number of benzene rings is 1. The summed E-state index contributed by atoms with van der Waals surface area (Å²) in [7, 11) is 0. The number of ketones is 1. The number of hydrogen-bond acceptors (Lipinski definition) is 3. The van der Waals surface area contributed by atoms with Crippen molar-refractivity contribution in [3.63, 3.8) is 0 Å². The number of carbonyl (C=O) groups is 1. The Balaban J connectivity index is 1.74. The number of rotatable bonds is 4. The molecule has 134 valence electrons. The van der Waals surface area contributed by atoms with Gasteiger partial charge in [-0.05, 0) is 70.7 Å². The van der Waals surface area contributed by atoms with Gasteiger partial charge >= 0.3 is 0 Å². The summed E-state index contributed by atoms with van der Waals surface area (Å²) < 4.78 is 1.70. The predicted octanol–water partition coefficient (Wildman–Crippen LogP) is 4.66. The molecular weight excluding hydrogens is 334 g/mol. The normalized spacial score (nSPS) is 19.7. The average Bonchev–Trinajstić information content (AvgIpc) is 2.97. The molecule has 1 aliphatic rings. The molecule has 1 saturated heterocycles.